The molecule has 3 rings (SSSR count). The van der Waals surface area contributed by atoms with Crippen molar-refractivity contribution in [3.8, 4) is 28.4 Å². The number of hydrogen-bond donors (Lipinski definition) is 0. The Bertz CT molecular complexity index is 1700. The second kappa shape index (κ2) is 14.0. The number of esters is 3. The highest BCUT2D eigenvalue weighted by Gasteiger charge is 2.17. The van der Waals surface area contributed by atoms with Crippen LogP contribution >= 0.6 is 0 Å². The van der Waals surface area contributed by atoms with Crippen LogP contribution in [0, 0.1) is 11.6 Å². The van der Waals surface area contributed by atoms with E-state index in [0.29, 0.717) is 16.7 Å². The summed E-state index contributed by atoms with van der Waals surface area (Å²) in [4.78, 5) is 48.4. The van der Waals surface area contributed by atoms with Gasteiger partial charge in [0.25, 0.3) is 0 Å². The van der Waals surface area contributed by atoms with Crippen molar-refractivity contribution in [2.75, 3.05) is 0 Å². The van der Waals surface area contributed by atoms with Crippen molar-refractivity contribution in [2.24, 2.45) is 0 Å². The van der Waals surface area contributed by atoms with Gasteiger partial charge < -0.3 is 14.2 Å². The van der Waals surface area contributed by atoms with Crippen LogP contribution in [-0.4, -0.2) is 23.7 Å². The first-order valence-electron chi connectivity index (χ1n) is 12.8. The van der Waals surface area contributed by atoms with Crippen LogP contribution in [0.1, 0.15) is 31.9 Å². The number of carbonyl (C=O) groups excluding carboxylic acids is 4. The summed E-state index contributed by atoms with van der Waals surface area (Å²) < 4.78 is 44.7. The fourth-order valence-corrected chi connectivity index (χ4v) is 3.44. The number of carbonyl (C=O) groups is 4. The lowest BCUT2D eigenvalue weighted by Crippen LogP contribution is -2.13. The summed E-state index contributed by atoms with van der Waals surface area (Å²) in [5.41, 5.74) is 1.61. The quantitative estimate of drug-likeness (QED) is 0.137. The largest absolute Gasteiger partial charge is 0.420 e. The maximum Gasteiger partial charge on any atom is 0.338 e. The molecule has 0 saturated carbocycles. The van der Waals surface area contributed by atoms with E-state index < -0.39 is 35.3 Å². The number of ketones is 1. The SMILES string of the molecule is C=C(C)C(=O)Oc1ccc(-c2ccc(/C=C/C(=O)Cc3ccc(OC(=O)C(=C)C)c(OC(=O)C(=C)C)c3)c(F)c2)cc1F. The molecule has 0 amide bonds. The molecule has 0 atom stereocenters. The number of hydrogen-bond acceptors (Lipinski definition) is 7. The van der Waals surface area contributed by atoms with Gasteiger partial charge >= 0.3 is 17.9 Å². The van der Waals surface area contributed by atoms with Crippen molar-refractivity contribution in [2.45, 2.75) is 27.2 Å². The van der Waals surface area contributed by atoms with E-state index >= 15 is 0 Å². The van der Waals surface area contributed by atoms with Crippen molar-refractivity contribution in [1.82, 2.24) is 0 Å². The zero-order chi connectivity index (χ0) is 31.8. The van der Waals surface area contributed by atoms with Crippen LogP contribution in [0.3, 0.4) is 0 Å². The highest BCUT2D eigenvalue weighted by atomic mass is 19.1. The zero-order valence-corrected chi connectivity index (χ0v) is 23.8. The van der Waals surface area contributed by atoms with Gasteiger partial charge in [-0.3, -0.25) is 4.79 Å². The minimum absolute atomic E-state index is 0.0427. The standard InChI is InChI=1S/C34H28F2O7/c1-19(2)32(38)41-29-14-11-25(18-28(29)36)24-9-8-23(27(35)17-24)10-12-26(37)15-22-7-13-30(42-33(39)20(3)4)31(16-22)43-34(40)21(5)6/h7-14,16-18H,1,3,5,15H2,2,4,6H3/b12-10+. The molecule has 0 aliphatic rings. The minimum Gasteiger partial charge on any atom is -0.420 e. The maximum absolute atomic E-state index is 14.9. The maximum atomic E-state index is 14.9. The van der Waals surface area contributed by atoms with Gasteiger partial charge in [-0.25, -0.2) is 23.2 Å². The molecule has 0 unspecified atom stereocenters. The molecule has 0 bridgehead atoms. The number of rotatable bonds is 11. The second-order valence-corrected chi connectivity index (χ2v) is 9.65. The summed E-state index contributed by atoms with van der Waals surface area (Å²) >= 11 is 0. The highest BCUT2D eigenvalue weighted by Crippen LogP contribution is 2.31. The zero-order valence-electron chi connectivity index (χ0n) is 23.8. The van der Waals surface area contributed by atoms with Gasteiger partial charge in [0.15, 0.2) is 28.8 Å². The van der Waals surface area contributed by atoms with Gasteiger partial charge in [0.05, 0.1) is 0 Å². The average Bonchev–Trinajstić information content (AvgIpc) is 2.94. The summed E-state index contributed by atoms with van der Waals surface area (Å²) in [5, 5.41) is 0. The monoisotopic (exact) mass is 586 g/mol. The number of halogens is 2. The molecule has 7 nitrogen and oxygen atoms in total. The van der Waals surface area contributed by atoms with Gasteiger partial charge in [0.1, 0.15) is 5.82 Å². The van der Waals surface area contributed by atoms with Gasteiger partial charge in [0.2, 0.25) is 0 Å². The molecule has 0 aliphatic heterocycles. The van der Waals surface area contributed by atoms with Crippen LogP contribution < -0.4 is 14.2 Å². The Labute approximate surface area is 247 Å². The summed E-state index contributed by atoms with van der Waals surface area (Å²) in [7, 11) is 0. The van der Waals surface area contributed by atoms with Crippen LogP contribution in [-0.2, 0) is 25.6 Å². The second-order valence-electron chi connectivity index (χ2n) is 9.65. The van der Waals surface area contributed by atoms with Crippen molar-refractivity contribution in [3.63, 3.8) is 0 Å². The lowest BCUT2D eigenvalue weighted by Gasteiger charge is -2.12. The third-order valence-electron chi connectivity index (χ3n) is 5.75. The summed E-state index contributed by atoms with van der Waals surface area (Å²) in [5.74, 6) is -4.50. The van der Waals surface area contributed by atoms with E-state index in [-0.39, 0.29) is 46.0 Å². The van der Waals surface area contributed by atoms with E-state index in [4.69, 9.17) is 14.2 Å². The Morgan fingerprint density at radius 3 is 1.67 bits per heavy atom. The topological polar surface area (TPSA) is 96.0 Å². The van der Waals surface area contributed by atoms with Crippen molar-refractivity contribution >= 4 is 29.8 Å². The van der Waals surface area contributed by atoms with Crippen LogP contribution in [0.5, 0.6) is 17.2 Å². The molecule has 0 N–H and O–H groups in total. The Hall–Kier alpha value is -5.44. The average molecular weight is 587 g/mol. The van der Waals surface area contributed by atoms with E-state index in [9.17, 15) is 28.0 Å². The van der Waals surface area contributed by atoms with Crippen LogP contribution in [0.15, 0.2) is 97.1 Å². The molecule has 3 aromatic rings. The lowest BCUT2D eigenvalue weighted by atomic mass is 10.0. The predicted molar refractivity (Wildman–Crippen MR) is 157 cm³/mol. The Morgan fingerprint density at radius 1 is 0.651 bits per heavy atom. The molecular weight excluding hydrogens is 558 g/mol. The van der Waals surface area contributed by atoms with Crippen LogP contribution in [0.4, 0.5) is 8.78 Å². The molecule has 0 radical (unpaired) electrons. The molecule has 0 aromatic heterocycles. The Morgan fingerprint density at radius 2 is 1.14 bits per heavy atom. The molecule has 0 heterocycles. The van der Waals surface area contributed by atoms with Gasteiger partial charge in [-0.1, -0.05) is 44.0 Å². The molecule has 0 saturated heterocycles. The molecular formula is C34H28F2O7. The van der Waals surface area contributed by atoms with Crippen LogP contribution in [0.2, 0.25) is 0 Å². The molecule has 3 aromatic carbocycles. The van der Waals surface area contributed by atoms with E-state index in [1.165, 1.54) is 75.4 Å². The lowest BCUT2D eigenvalue weighted by molar-refractivity contribution is -0.132. The van der Waals surface area contributed by atoms with E-state index in [2.05, 4.69) is 19.7 Å². The molecule has 43 heavy (non-hydrogen) atoms. The first-order chi connectivity index (χ1) is 20.2. The van der Waals surface area contributed by atoms with E-state index in [1.54, 1.807) is 6.07 Å². The smallest absolute Gasteiger partial charge is 0.338 e. The van der Waals surface area contributed by atoms with Crippen LogP contribution in [0.25, 0.3) is 17.2 Å². The Kier molecular flexibility index (Phi) is 10.4. The van der Waals surface area contributed by atoms with Gasteiger partial charge in [-0.15, -0.1) is 0 Å². The van der Waals surface area contributed by atoms with E-state index in [1.807, 2.05) is 0 Å². The Balaban J connectivity index is 1.75. The summed E-state index contributed by atoms with van der Waals surface area (Å²) in [6.45, 7) is 14.8. The van der Waals surface area contributed by atoms with Gasteiger partial charge in [-0.2, -0.15) is 0 Å². The van der Waals surface area contributed by atoms with Crippen molar-refractivity contribution < 1.29 is 42.2 Å². The molecule has 0 fully saturated rings. The fourth-order valence-electron chi connectivity index (χ4n) is 3.44. The first-order valence-corrected chi connectivity index (χ1v) is 12.8. The highest BCUT2D eigenvalue weighted by molar-refractivity contribution is 5.95. The third kappa shape index (κ3) is 8.77. The first kappa shape index (κ1) is 32.1. The van der Waals surface area contributed by atoms with Crippen molar-refractivity contribution in [3.05, 3.63) is 120 Å². The third-order valence-corrected chi connectivity index (χ3v) is 5.75. The molecule has 220 valence electrons. The van der Waals surface area contributed by atoms with Gasteiger partial charge in [0, 0.05) is 28.7 Å². The van der Waals surface area contributed by atoms with E-state index in [0.717, 1.165) is 6.07 Å². The number of benzene rings is 3. The summed E-state index contributed by atoms with van der Waals surface area (Å²) in [6, 6.07) is 12.3. The normalized spacial score (nSPS) is 10.6. The summed E-state index contributed by atoms with van der Waals surface area (Å²) in [6.07, 6.45) is 2.36. The number of ether oxygens (including phenoxy) is 3. The predicted octanol–water partition coefficient (Wildman–Crippen LogP) is 6.90. The minimum atomic E-state index is -0.804. The molecule has 0 aliphatic carbocycles. The fraction of sp³-hybridized carbons (Fsp3) is 0.118. The van der Waals surface area contributed by atoms with Crippen molar-refractivity contribution in [1.29, 1.82) is 0 Å². The molecule has 9 heteroatoms. The molecule has 0 spiro atoms. The number of allylic oxidation sites excluding steroid dienone is 1. The van der Waals surface area contributed by atoms with Gasteiger partial charge in [-0.05, 0) is 79.9 Å².